The van der Waals surface area contributed by atoms with Gasteiger partial charge in [-0.2, -0.15) is 0 Å². The van der Waals surface area contributed by atoms with Crippen LogP contribution in [0.2, 0.25) is 0 Å². The number of nitrogens with one attached hydrogen (secondary N) is 1. The van der Waals surface area contributed by atoms with E-state index in [1.807, 2.05) is 6.07 Å². The van der Waals surface area contributed by atoms with Crippen molar-refractivity contribution in [1.29, 1.82) is 0 Å². The number of likely N-dealkylation sites (tertiary alicyclic amines) is 1. The topological polar surface area (TPSA) is 102 Å². The molecule has 2 aromatic carbocycles. The Hall–Kier alpha value is -3.42. The molecule has 8 heteroatoms. The van der Waals surface area contributed by atoms with Crippen molar-refractivity contribution in [3.8, 4) is 5.75 Å². The Morgan fingerprint density at radius 1 is 1.22 bits per heavy atom. The van der Waals surface area contributed by atoms with Crippen molar-refractivity contribution in [2.45, 2.75) is 19.4 Å². The number of hydrogen-bond acceptors (Lipinski definition) is 5. The number of ether oxygens (including phenoxy) is 1. The molecular weight excluding hydrogens is 350 g/mol. The van der Waals surface area contributed by atoms with E-state index < -0.39 is 10.8 Å². The molecule has 8 nitrogen and oxygen atoms in total. The second-order valence-electron chi connectivity index (χ2n) is 6.18. The summed E-state index contributed by atoms with van der Waals surface area (Å²) in [5.74, 6) is -0.246. The summed E-state index contributed by atoms with van der Waals surface area (Å²) in [6, 6.07) is 13.1. The number of benzene rings is 2. The smallest absolute Gasteiger partial charge is 0.310 e. The average molecular weight is 369 g/mol. The molecule has 0 saturated carbocycles. The van der Waals surface area contributed by atoms with Gasteiger partial charge in [0.05, 0.1) is 4.92 Å². The van der Waals surface area contributed by atoms with Crippen LogP contribution in [0.4, 0.5) is 11.4 Å². The second-order valence-corrected chi connectivity index (χ2v) is 6.18. The Kier molecular flexibility index (Phi) is 5.65. The van der Waals surface area contributed by atoms with Crippen molar-refractivity contribution in [1.82, 2.24) is 4.90 Å². The molecule has 0 bridgehead atoms. The van der Waals surface area contributed by atoms with Gasteiger partial charge in [0.1, 0.15) is 0 Å². The van der Waals surface area contributed by atoms with Crippen LogP contribution in [0.25, 0.3) is 0 Å². The first-order chi connectivity index (χ1) is 13.0. The first-order valence-corrected chi connectivity index (χ1v) is 8.56. The standard InChI is InChI=1S/C19H19N3O5/c23-18(13-27-17-8-2-1-7-16(17)22(25)26)20-15-6-3-5-14(11-15)12-21-10-4-9-19(21)24/h1-3,5-8,11H,4,9-10,12-13H2,(H,20,23). The van der Waals surface area contributed by atoms with Crippen LogP contribution in [0.1, 0.15) is 18.4 Å². The van der Waals surface area contributed by atoms with Gasteiger partial charge in [-0.05, 0) is 30.2 Å². The molecule has 1 saturated heterocycles. The fraction of sp³-hybridized carbons (Fsp3) is 0.263. The fourth-order valence-electron chi connectivity index (χ4n) is 2.91. The summed E-state index contributed by atoms with van der Waals surface area (Å²) >= 11 is 0. The quantitative estimate of drug-likeness (QED) is 0.597. The van der Waals surface area contributed by atoms with Gasteiger partial charge < -0.3 is 15.0 Å². The number of carbonyl (C=O) groups excluding carboxylic acids is 2. The van der Waals surface area contributed by atoms with E-state index >= 15 is 0 Å². The Balaban J connectivity index is 1.57. The second kappa shape index (κ2) is 8.31. The predicted molar refractivity (Wildman–Crippen MR) is 98.3 cm³/mol. The van der Waals surface area contributed by atoms with Crippen molar-refractivity contribution in [3.05, 3.63) is 64.2 Å². The molecule has 1 fully saturated rings. The third-order valence-corrected chi connectivity index (χ3v) is 4.18. The number of carbonyl (C=O) groups is 2. The van der Waals surface area contributed by atoms with E-state index in [9.17, 15) is 19.7 Å². The summed E-state index contributed by atoms with van der Waals surface area (Å²) in [5, 5.41) is 13.7. The van der Waals surface area contributed by atoms with Gasteiger partial charge in [-0.25, -0.2) is 0 Å². The molecule has 0 radical (unpaired) electrons. The summed E-state index contributed by atoms with van der Waals surface area (Å²) in [5.41, 5.74) is 1.31. The molecule has 2 aromatic rings. The summed E-state index contributed by atoms with van der Waals surface area (Å²) in [7, 11) is 0. The number of nitro groups is 1. The highest BCUT2D eigenvalue weighted by Crippen LogP contribution is 2.25. The Morgan fingerprint density at radius 3 is 2.78 bits per heavy atom. The van der Waals surface area contributed by atoms with Gasteiger partial charge in [0.25, 0.3) is 5.91 Å². The molecule has 3 rings (SSSR count). The van der Waals surface area contributed by atoms with Crippen molar-refractivity contribution in [2.24, 2.45) is 0 Å². The molecule has 0 atom stereocenters. The highest BCUT2D eigenvalue weighted by atomic mass is 16.6. The van der Waals surface area contributed by atoms with Gasteiger partial charge in [0, 0.05) is 31.3 Å². The zero-order chi connectivity index (χ0) is 19.2. The lowest BCUT2D eigenvalue weighted by Gasteiger charge is -2.16. The minimum atomic E-state index is -0.559. The largest absolute Gasteiger partial charge is 0.477 e. The van der Waals surface area contributed by atoms with E-state index in [0.29, 0.717) is 18.7 Å². The van der Waals surface area contributed by atoms with Crippen molar-refractivity contribution < 1.29 is 19.2 Å². The van der Waals surface area contributed by atoms with Crippen LogP contribution in [-0.2, 0) is 16.1 Å². The van der Waals surface area contributed by atoms with Crippen LogP contribution >= 0.6 is 0 Å². The highest BCUT2D eigenvalue weighted by molar-refractivity contribution is 5.92. The molecule has 2 amide bonds. The van der Waals surface area contributed by atoms with Crippen LogP contribution in [0, 0.1) is 10.1 Å². The normalized spacial score (nSPS) is 13.5. The number of nitrogens with zero attached hydrogens (tertiary/aromatic N) is 2. The first kappa shape index (κ1) is 18.4. The molecule has 1 aliphatic rings. The lowest BCUT2D eigenvalue weighted by molar-refractivity contribution is -0.385. The van der Waals surface area contributed by atoms with Gasteiger partial charge in [-0.3, -0.25) is 19.7 Å². The van der Waals surface area contributed by atoms with E-state index in [2.05, 4.69) is 5.32 Å². The minimum Gasteiger partial charge on any atom is -0.477 e. The van der Waals surface area contributed by atoms with Crippen LogP contribution in [0.5, 0.6) is 5.75 Å². The number of para-hydroxylation sites is 2. The summed E-state index contributed by atoms with van der Waals surface area (Å²) in [6.45, 7) is 0.911. The molecule has 0 aliphatic carbocycles. The number of hydrogen-bond donors (Lipinski definition) is 1. The van der Waals surface area contributed by atoms with Gasteiger partial charge in [0.15, 0.2) is 12.4 Å². The monoisotopic (exact) mass is 369 g/mol. The maximum Gasteiger partial charge on any atom is 0.310 e. The third-order valence-electron chi connectivity index (χ3n) is 4.18. The molecule has 1 N–H and O–H groups in total. The van der Waals surface area contributed by atoms with E-state index in [4.69, 9.17) is 4.74 Å². The summed E-state index contributed by atoms with van der Waals surface area (Å²) in [4.78, 5) is 36.0. The predicted octanol–water partition coefficient (Wildman–Crippen LogP) is 2.73. The molecule has 0 spiro atoms. The van der Waals surface area contributed by atoms with Gasteiger partial charge in [0.2, 0.25) is 5.91 Å². The van der Waals surface area contributed by atoms with E-state index in [0.717, 1.165) is 18.5 Å². The first-order valence-electron chi connectivity index (χ1n) is 8.56. The number of nitro benzene ring substituents is 1. The molecule has 1 aliphatic heterocycles. The van der Waals surface area contributed by atoms with Crippen molar-refractivity contribution in [2.75, 3.05) is 18.5 Å². The molecule has 140 valence electrons. The van der Waals surface area contributed by atoms with Crippen LogP contribution in [0.15, 0.2) is 48.5 Å². The zero-order valence-corrected chi connectivity index (χ0v) is 14.6. The van der Waals surface area contributed by atoms with Crippen molar-refractivity contribution in [3.63, 3.8) is 0 Å². The van der Waals surface area contributed by atoms with E-state index in [1.165, 1.54) is 18.2 Å². The highest BCUT2D eigenvalue weighted by Gasteiger charge is 2.20. The number of amides is 2. The molecular formula is C19H19N3O5. The zero-order valence-electron chi connectivity index (χ0n) is 14.6. The molecule has 0 aromatic heterocycles. The Bertz CT molecular complexity index is 868. The number of rotatable bonds is 7. The Labute approximate surface area is 155 Å². The minimum absolute atomic E-state index is 0.0407. The lowest BCUT2D eigenvalue weighted by atomic mass is 10.2. The summed E-state index contributed by atoms with van der Waals surface area (Å²) < 4.78 is 5.28. The third kappa shape index (κ3) is 4.81. The fourth-order valence-corrected chi connectivity index (χ4v) is 2.91. The Morgan fingerprint density at radius 2 is 2.04 bits per heavy atom. The van der Waals surface area contributed by atoms with Gasteiger partial charge in [-0.1, -0.05) is 24.3 Å². The molecule has 27 heavy (non-hydrogen) atoms. The van der Waals surface area contributed by atoms with E-state index in [1.54, 1.807) is 29.2 Å². The van der Waals surface area contributed by atoms with Crippen molar-refractivity contribution >= 4 is 23.2 Å². The lowest BCUT2D eigenvalue weighted by Crippen LogP contribution is -2.24. The van der Waals surface area contributed by atoms with Crippen LogP contribution < -0.4 is 10.1 Å². The van der Waals surface area contributed by atoms with Gasteiger partial charge >= 0.3 is 5.69 Å². The van der Waals surface area contributed by atoms with E-state index in [-0.39, 0.29) is 24.0 Å². The molecule has 0 unspecified atom stereocenters. The summed E-state index contributed by atoms with van der Waals surface area (Å²) in [6.07, 6.45) is 1.46. The maximum atomic E-state index is 12.1. The number of anilines is 1. The molecule has 1 heterocycles. The van der Waals surface area contributed by atoms with Crippen LogP contribution in [-0.4, -0.2) is 34.8 Å². The van der Waals surface area contributed by atoms with Crippen LogP contribution in [0.3, 0.4) is 0 Å². The SMILES string of the molecule is O=C(COc1ccccc1[N+](=O)[O-])Nc1cccc(CN2CCCC2=O)c1. The van der Waals surface area contributed by atoms with Gasteiger partial charge in [-0.15, -0.1) is 0 Å². The maximum absolute atomic E-state index is 12.1. The average Bonchev–Trinajstić information content (AvgIpc) is 3.05.